The summed E-state index contributed by atoms with van der Waals surface area (Å²) in [6, 6.07) is 5.09. The van der Waals surface area contributed by atoms with E-state index in [1.807, 2.05) is 0 Å². The maximum absolute atomic E-state index is 12.0. The van der Waals surface area contributed by atoms with E-state index in [-0.39, 0.29) is 23.1 Å². The molecule has 1 aromatic carbocycles. The molecule has 0 aliphatic carbocycles. The van der Waals surface area contributed by atoms with Crippen molar-refractivity contribution in [1.29, 1.82) is 0 Å². The van der Waals surface area contributed by atoms with Crippen molar-refractivity contribution in [2.75, 3.05) is 13.2 Å². The third-order valence-corrected chi connectivity index (χ3v) is 4.38. The Kier molecular flexibility index (Phi) is 4.18. The first kappa shape index (κ1) is 14.0. The fourth-order valence-electron chi connectivity index (χ4n) is 1.87. The molecule has 19 heavy (non-hydrogen) atoms. The van der Waals surface area contributed by atoms with Crippen molar-refractivity contribution in [3.05, 3.63) is 29.8 Å². The number of nitrogens with one attached hydrogen (secondary N) is 1. The Morgan fingerprint density at radius 2 is 2.05 bits per heavy atom. The average molecular weight is 285 g/mol. The van der Waals surface area contributed by atoms with Crippen LogP contribution in [0.15, 0.2) is 29.2 Å². The fraction of sp³-hybridized carbons (Fsp3) is 0.417. The van der Waals surface area contributed by atoms with Crippen molar-refractivity contribution in [2.24, 2.45) is 0 Å². The van der Waals surface area contributed by atoms with Gasteiger partial charge in [-0.2, -0.15) is 0 Å². The van der Waals surface area contributed by atoms with E-state index in [9.17, 15) is 13.2 Å². The molecular formula is C12H15NO5S. The van der Waals surface area contributed by atoms with Crippen LogP contribution in [0.3, 0.4) is 0 Å². The lowest BCUT2D eigenvalue weighted by molar-refractivity contribution is 0.0696. The summed E-state index contributed by atoms with van der Waals surface area (Å²) in [6.45, 7) is 0.905. The summed E-state index contributed by atoms with van der Waals surface area (Å²) < 4.78 is 31.7. The Bertz CT molecular complexity index is 546. The van der Waals surface area contributed by atoms with Crippen molar-refractivity contribution in [1.82, 2.24) is 4.72 Å². The van der Waals surface area contributed by atoms with Gasteiger partial charge in [0.05, 0.1) is 16.6 Å². The van der Waals surface area contributed by atoms with Crippen LogP contribution < -0.4 is 4.72 Å². The van der Waals surface area contributed by atoms with E-state index < -0.39 is 16.0 Å². The third kappa shape index (κ3) is 3.52. The smallest absolute Gasteiger partial charge is 0.335 e. The van der Waals surface area contributed by atoms with Gasteiger partial charge < -0.3 is 9.84 Å². The number of carboxylic acid groups (broad SMARTS) is 1. The molecule has 1 aliphatic rings. The van der Waals surface area contributed by atoms with Crippen LogP contribution in [-0.2, 0) is 14.8 Å². The molecule has 0 amide bonds. The van der Waals surface area contributed by atoms with Crippen LogP contribution in [0.25, 0.3) is 0 Å². The summed E-state index contributed by atoms with van der Waals surface area (Å²) in [5, 5.41) is 8.74. The van der Waals surface area contributed by atoms with Crippen LogP contribution in [0.4, 0.5) is 0 Å². The van der Waals surface area contributed by atoms with Crippen LogP contribution in [0.1, 0.15) is 23.2 Å². The molecule has 0 bridgehead atoms. The van der Waals surface area contributed by atoms with E-state index in [0.29, 0.717) is 6.61 Å². The van der Waals surface area contributed by atoms with Gasteiger partial charge in [-0.1, -0.05) is 0 Å². The minimum atomic E-state index is -3.61. The molecule has 0 spiro atoms. The summed E-state index contributed by atoms with van der Waals surface area (Å²) in [6.07, 6.45) is 1.72. The lowest BCUT2D eigenvalue weighted by Gasteiger charge is -2.11. The Morgan fingerprint density at radius 3 is 2.58 bits per heavy atom. The van der Waals surface area contributed by atoms with Gasteiger partial charge in [-0.15, -0.1) is 0 Å². The average Bonchev–Trinajstić information content (AvgIpc) is 2.90. The minimum Gasteiger partial charge on any atom is -0.478 e. The molecule has 0 radical (unpaired) electrons. The zero-order valence-corrected chi connectivity index (χ0v) is 11.0. The Morgan fingerprint density at radius 1 is 1.37 bits per heavy atom. The van der Waals surface area contributed by atoms with E-state index >= 15 is 0 Å². The normalized spacial score (nSPS) is 19.5. The molecule has 1 aliphatic heterocycles. The first-order chi connectivity index (χ1) is 8.99. The summed E-state index contributed by atoms with van der Waals surface area (Å²) in [5.41, 5.74) is 0.0538. The van der Waals surface area contributed by atoms with E-state index in [1.54, 1.807) is 0 Å². The van der Waals surface area contributed by atoms with Gasteiger partial charge in [-0.05, 0) is 37.1 Å². The third-order valence-electron chi connectivity index (χ3n) is 2.94. The standard InChI is InChI=1S/C12H15NO5S/c14-12(15)9-3-5-11(6-4-9)19(16,17)13-8-10-2-1-7-18-10/h3-6,10,13H,1-2,7-8H2,(H,14,15)/t10-/m1/s1. The number of benzene rings is 1. The fourth-order valence-corrected chi connectivity index (χ4v) is 2.93. The first-order valence-corrected chi connectivity index (χ1v) is 7.42. The lowest BCUT2D eigenvalue weighted by atomic mass is 10.2. The maximum Gasteiger partial charge on any atom is 0.335 e. The number of rotatable bonds is 5. The van der Waals surface area contributed by atoms with Crippen molar-refractivity contribution in [3.8, 4) is 0 Å². The Balaban J connectivity index is 2.03. The van der Waals surface area contributed by atoms with Gasteiger partial charge in [-0.3, -0.25) is 0 Å². The molecule has 104 valence electrons. The van der Waals surface area contributed by atoms with Gasteiger partial charge in [-0.25, -0.2) is 17.9 Å². The number of carbonyl (C=O) groups is 1. The van der Waals surface area contributed by atoms with Gasteiger partial charge in [0.15, 0.2) is 0 Å². The molecule has 1 atom stereocenters. The highest BCUT2D eigenvalue weighted by Crippen LogP contribution is 2.14. The summed E-state index contributed by atoms with van der Waals surface area (Å²) in [5.74, 6) is -1.09. The van der Waals surface area contributed by atoms with Crippen LogP contribution in [-0.4, -0.2) is 38.7 Å². The van der Waals surface area contributed by atoms with E-state index in [1.165, 1.54) is 24.3 Å². The number of carboxylic acids is 1. The highest BCUT2D eigenvalue weighted by atomic mass is 32.2. The molecular weight excluding hydrogens is 270 g/mol. The van der Waals surface area contributed by atoms with Crippen LogP contribution >= 0.6 is 0 Å². The highest BCUT2D eigenvalue weighted by Gasteiger charge is 2.20. The van der Waals surface area contributed by atoms with Gasteiger partial charge in [0.1, 0.15) is 0 Å². The molecule has 7 heteroatoms. The number of hydrogen-bond donors (Lipinski definition) is 2. The van der Waals surface area contributed by atoms with Crippen molar-refractivity contribution < 1.29 is 23.1 Å². The molecule has 0 aromatic heterocycles. The van der Waals surface area contributed by atoms with E-state index in [4.69, 9.17) is 9.84 Å². The van der Waals surface area contributed by atoms with Crippen LogP contribution in [0.2, 0.25) is 0 Å². The highest BCUT2D eigenvalue weighted by molar-refractivity contribution is 7.89. The Hall–Kier alpha value is -1.44. The summed E-state index contributed by atoms with van der Waals surface area (Å²) in [4.78, 5) is 10.7. The summed E-state index contributed by atoms with van der Waals surface area (Å²) in [7, 11) is -3.61. The predicted molar refractivity (Wildman–Crippen MR) is 67.6 cm³/mol. The largest absolute Gasteiger partial charge is 0.478 e. The molecule has 1 heterocycles. The predicted octanol–water partition coefficient (Wildman–Crippen LogP) is 0.842. The maximum atomic E-state index is 12.0. The van der Waals surface area contributed by atoms with Crippen LogP contribution in [0.5, 0.6) is 0 Å². The van der Waals surface area contributed by atoms with Gasteiger partial charge >= 0.3 is 5.97 Å². The van der Waals surface area contributed by atoms with Gasteiger partial charge in [0.2, 0.25) is 10.0 Å². The quantitative estimate of drug-likeness (QED) is 0.836. The second kappa shape index (κ2) is 5.68. The minimum absolute atomic E-state index is 0.0514. The number of sulfonamides is 1. The molecule has 2 rings (SSSR count). The number of ether oxygens (including phenoxy) is 1. The number of aromatic carboxylic acids is 1. The Labute approximate surface area is 111 Å². The zero-order valence-electron chi connectivity index (χ0n) is 10.2. The first-order valence-electron chi connectivity index (χ1n) is 5.94. The van der Waals surface area contributed by atoms with E-state index in [0.717, 1.165) is 12.8 Å². The second-order valence-electron chi connectivity index (χ2n) is 4.32. The summed E-state index contributed by atoms with van der Waals surface area (Å²) >= 11 is 0. The SMILES string of the molecule is O=C(O)c1ccc(S(=O)(=O)NC[C@H]2CCCO2)cc1. The molecule has 1 aromatic rings. The monoisotopic (exact) mass is 285 g/mol. The van der Waals surface area contributed by atoms with Crippen LogP contribution in [0, 0.1) is 0 Å². The van der Waals surface area contributed by atoms with Crippen molar-refractivity contribution in [2.45, 2.75) is 23.8 Å². The van der Waals surface area contributed by atoms with E-state index in [2.05, 4.69) is 4.72 Å². The molecule has 0 unspecified atom stereocenters. The van der Waals surface area contributed by atoms with Crippen molar-refractivity contribution in [3.63, 3.8) is 0 Å². The van der Waals surface area contributed by atoms with Crippen molar-refractivity contribution >= 4 is 16.0 Å². The number of hydrogen-bond acceptors (Lipinski definition) is 4. The van der Waals surface area contributed by atoms with Gasteiger partial charge in [0.25, 0.3) is 0 Å². The molecule has 1 fully saturated rings. The van der Waals surface area contributed by atoms with Gasteiger partial charge in [0, 0.05) is 13.2 Å². The zero-order chi connectivity index (χ0) is 13.9. The molecule has 6 nitrogen and oxygen atoms in total. The topological polar surface area (TPSA) is 92.7 Å². The molecule has 1 saturated heterocycles. The second-order valence-corrected chi connectivity index (χ2v) is 6.08. The molecule has 2 N–H and O–H groups in total. The molecule has 0 saturated carbocycles. The lowest BCUT2D eigenvalue weighted by Crippen LogP contribution is -2.31.